The second kappa shape index (κ2) is 7.59. The molecule has 8 nitrogen and oxygen atoms in total. The monoisotopic (exact) mass is 390 g/mol. The number of carboxylic acid groups (broad SMARTS) is 1. The van der Waals surface area contributed by atoms with Crippen molar-refractivity contribution in [2.45, 2.75) is 6.54 Å². The van der Waals surface area contributed by atoms with Crippen molar-refractivity contribution in [2.24, 2.45) is 0 Å². The Morgan fingerprint density at radius 1 is 1.10 bits per heavy atom. The lowest BCUT2D eigenvalue weighted by atomic mass is 10.1. The van der Waals surface area contributed by atoms with Crippen LogP contribution in [-0.4, -0.2) is 40.2 Å². The molecular weight excluding hydrogens is 372 g/mol. The van der Waals surface area contributed by atoms with E-state index in [0.29, 0.717) is 40.3 Å². The maximum Gasteiger partial charge on any atom is 0.335 e. The van der Waals surface area contributed by atoms with E-state index in [-0.39, 0.29) is 5.56 Å². The van der Waals surface area contributed by atoms with Gasteiger partial charge in [0.05, 0.1) is 25.3 Å². The van der Waals surface area contributed by atoms with E-state index in [1.165, 1.54) is 12.4 Å². The largest absolute Gasteiger partial charge is 0.497 e. The van der Waals surface area contributed by atoms with Crippen LogP contribution in [0.1, 0.15) is 15.9 Å². The molecule has 4 aromatic rings. The third kappa shape index (κ3) is 3.47. The summed E-state index contributed by atoms with van der Waals surface area (Å²) in [6.07, 6.45) is 3.10. The zero-order chi connectivity index (χ0) is 20.4. The van der Waals surface area contributed by atoms with Crippen molar-refractivity contribution in [3.63, 3.8) is 0 Å². The number of anilines is 1. The Morgan fingerprint density at radius 3 is 2.72 bits per heavy atom. The van der Waals surface area contributed by atoms with Gasteiger partial charge in [0.15, 0.2) is 5.82 Å². The Balaban J connectivity index is 1.76. The molecule has 2 N–H and O–H groups in total. The zero-order valence-electron chi connectivity index (χ0n) is 15.8. The van der Waals surface area contributed by atoms with Crippen LogP contribution in [-0.2, 0) is 6.54 Å². The van der Waals surface area contributed by atoms with Gasteiger partial charge >= 0.3 is 5.97 Å². The summed E-state index contributed by atoms with van der Waals surface area (Å²) < 4.78 is 10.7. The topological polar surface area (TPSA) is 106 Å². The molecule has 2 aromatic heterocycles. The highest BCUT2D eigenvalue weighted by Crippen LogP contribution is 2.30. The smallest absolute Gasteiger partial charge is 0.335 e. The first-order valence-corrected chi connectivity index (χ1v) is 8.82. The SMILES string of the molecule is COc1ccc(CNc2nc3ccc(C(=O)O)cc3c3cncnc23)c(OC)c1. The number of aromatic carboxylic acids is 1. The van der Waals surface area contributed by atoms with E-state index in [1.807, 2.05) is 18.2 Å². The van der Waals surface area contributed by atoms with Gasteiger partial charge in [0.1, 0.15) is 23.3 Å². The summed E-state index contributed by atoms with van der Waals surface area (Å²) in [5.74, 6) is 0.992. The van der Waals surface area contributed by atoms with Gasteiger partial charge in [0.25, 0.3) is 0 Å². The predicted octanol–water partition coefficient (Wildman–Crippen LogP) is 3.51. The fourth-order valence-electron chi connectivity index (χ4n) is 3.17. The molecule has 2 heterocycles. The van der Waals surface area contributed by atoms with E-state index in [9.17, 15) is 9.90 Å². The number of hydrogen-bond donors (Lipinski definition) is 2. The number of nitrogens with one attached hydrogen (secondary N) is 1. The van der Waals surface area contributed by atoms with E-state index in [2.05, 4.69) is 20.3 Å². The van der Waals surface area contributed by atoms with Crippen molar-refractivity contribution >= 4 is 33.6 Å². The van der Waals surface area contributed by atoms with Crippen molar-refractivity contribution in [3.05, 3.63) is 60.0 Å². The van der Waals surface area contributed by atoms with Crippen LogP contribution < -0.4 is 14.8 Å². The number of pyridine rings is 1. The molecule has 0 aliphatic rings. The van der Waals surface area contributed by atoms with Crippen LogP contribution in [0.15, 0.2) is 48.9 Å². The lowest BCUT2D eigenvalue weighted by molar-refractivity contribution is 0.0697. The van der Waals surface area contributed by atoms with Gasteiger partial charge < -0.3 is 19.9 Å². The standard InChI is InChI=1S/C21H18N4O4/c1-28-14-5-3-13(18(8-14)29-2)9-23-20-19-16(10-22-11-24-19)15-7-12(21(26)27)4-6-17(15)25-20/h3-8,10-11H,9H2,1-2H3,(H,23,25)(H,26,27). The van der Waals surface area contributed by atoms with Gasteiger partial charge in [-0.3, -0.25) is 0 Å². The molecule has 8 heteroatoms. The molecule has 0 aliphatic heterocycles. The maximum atomic E-state index is 11.3. The Kier molecular flexibility index (Phi) is 4.82. The fourth-order valence-corrected chi connectivity index (χ4v) is 3.17. The molecular formula is C21H18N4O4. The zero-order valence-corrected chi connectivity index (χ0v) is 15.8. The summed E-state index contributed by atoms with van der Waals surface area (Å²) in [6.45, 7) is 0.456. The Bertz CT molecular complexity index is 1230. The van der Waals surface area contributed by atoms with Crippen LogP contribution in [0.5, 0.6) is 11.5 Å². The number of carbonyl (C=O) groups is 1. The third-order valence-corrected chi connectivity index (χ3v) is 4.64. The highest BCUT2D eigenvalue weighted by atomic mass is 16.5. The first-order valence-electron chi connectivity index (χ1n) is 8.82. The van der Waals surface area contributed by atoms with Gasteiger partial charge in [0.2, 0.25) is 0 Å². The van der Waals surface area contributed by atoms with E-state index in [4.69, 9.17) is 9.47 Å². The number of fused-ring (bicyclic) bond motifs is 3. The van der Waals surface area contributed by atoms with Crippen LogP contribution in [0.2, 0.25) is 0 Å². The molecule has 0 saturated heterocycles. The highest BCUT2D eigenvalue weighted by Gasteiger charge is 2.13. The molecule has 0 aliphatic carbocycles. The van der Waals surface area contributed by atoms with Crippen LogP contribution in [0.3, 0.4) is 0 Å². The van der Waals surface area contributed by atoms with Gasteiger partial charge in [0, 0.05) is 35.1 Å². The summed E-state index contributed by atoms with van der Waals surface area (Å²) in [7, 11) is 3.21. The minimum absolute atomic E-state index is 0.188. The average molecular weight is 390 g/mol. The lowest BCUT2D eigenvalue weighted by Crippen LogP contribution is -2.05. The number of ether oxygens (including phenoxy) is 2. The number of methoxy groups -OCH3 is 2. The first-order chi connectivity index (χ1) is 14.1. The van der Waals surface area contributed by atoms with Gasteiger partial charge in [-0.2, -0.15) is 0 Å². The third-order valence-electron chi connectivity index (χ3n) is 4.64. The molecule has 0 atom stereocenters. The summed E-state index contributed by atoms with van der Waals surface area (Å²) in [5.41, 5.74) is 2.38. The fraction of sp³-hybridized carbons (Fsp3) is 0.143. The van der Waals surface area contributed by atoms with Crippen molar-refractivity contribution in [1.29, 1.82) is 0 Å². The number of rotatable bonds is 6. The van der Waals surface area contributed by atoms with Crippen LogP contribution in [0.25, 0.3) is 21.8 Å². The predicted molar refractivity (Wildman–Crippen MR) is 109 cm³/mol. The van der Waals surface area contributed by atoms with Crippen LogP contribution in [0, 0.1) is 0 Å². The van der Waals surface area contributed by atoms with Crippen LogP contribution >= 0.6 is 0 Å². The Hall–Kier alpha value is -3.94. The second-order valence-corrected chi connectivity index (χ2v) is 6.31. The van der Waals surface area contributed by atoms with E-state index in [0.717, 1.165) is 10.9 Å². The van der Waals surface area contributed by atoms with Gasteiger partial charge in [-0.1, -0.05) is 0 Å². The van der Waals surface area contributed by atoms with Crippen molar-refractivity contribution in [3.8, 4) is 11.5 Å². The highest BCUT2D eigenvalue weighted by molar-refractivity contribution is 6.09. The van der Waals surface area contributed by atoms with Crippen molar-refractivity contribution < 1.29 is 19.4 Å². The molecule has 146 valence electrons. The molecule has 0 unspecified atom stereocenters. The molecule has 0 amide bonds. The van der Waals surface area contributed by atoms with Crippen molar-refractivity contribution in [2.75, 3.05) is 19.5 Å². The summed E-state index contributed by atoms with van der Waals surface area (Å²) in [5, 5.41) is 14.0. The Labute approximate surface area is 166 Å². The molecule has 29 heavy (non-hydrogen) atoms. The number of aromatic nitrogens is 3. The molecule has 0 fully saturated rings. The van der Waals surface area contributed by atoms with E-state index < -0.39 is 5.97 Å². The second-order valence-electron chi connectivity index (χ2n) is 6.31. The molecule has 0 saturated carbocycles. The average Bonchev–Trinajstić information content (AvgIpc) is 2.76. The van der Waals surface area contributed by atoms with Gasteiger partial charge in [-0.05, 0) is 30.3 Å². The van der Waals surface area contributed by atoms with Gasteiger partial charge in [-0.25, -0.2) is 19.7 Å². The number of carboxylic acids is 1. The number of benzene rings is 2. The van der Waals surface area contributed by atoms with Gasteiger partial charge in [-0.15, -0.1) is 0 Å². The summed E-state index contributed by atoms with van der Waals surface area (Å²) in [6, 6.07) is 10.4. The normalized spacial score (nSPS) is 10.8. The lowest BCUT2D eigenvalue weighted by Gasteiger charge is -2.13. The Morgan fingerprint density at radius 2 is 1.97 bits per heavy atom. The summed E-state index contributed by atoms with van der Waals surface area (Å²) in [4.78, 5) is 24.4. The minimum Gasteiger partial charge on any atom is -0.497 e. The molecule has 0 spiro atoms. The van der Waals surface area contributed by atoms with E-state index in [1.54, 1.807) is 32.5 Å². The van der Waals surface area contributed by atoms with Crippen molar-refractivity contribution in [1.82, 2.24) is 15.0 Å². The van der Waals surface area contributed by atoms with Crippen LogP contribution in [0.4, 0.5) is 5.82 Å². The minimum atomic E-state index is -0.995. The first kappa shape index (κ1) is 18.4. The number of hydrogen-bond acceptors (Lipinski definition) is 7. The molecule has 4 rings (SSSR count). The molecule has 0 bridgehead atoms. The maximum absolute atomic E-state index is 11.3. The molecule has 2 aromatic carbocycles. The molecule has 0 radical (unpaired) electrons. The quantitative estimate of drug-likeness (QED) is 0.482. The number of nitrogens with zero attached hydrogens (tertiary/aromatic N) is 3. The van der Waals surface area contributed by atoms with E-state index >= 15 is 0 Å². The summed E-state index contributed by atoms with van der Waals surface area (Å²) >= 11 is 0.